The Morgan fingerprint density at radius 3 is 2.19 bits per heavy atom. The van der Waals surface area contributed by atoms with Crippen molar-refractivity contribution in [2.24, 2.45) is 5.73 Å². The topological polar surface area (TPSA) is 47.1 Å². The third kappa shape index (κ3) is 3.43. The number of halogens is 1. The van der Waals surface area contributed by atoms with Gasteiger partial charge in [0.1, 0.15) is 0 Å². The molecule has 122 valence electrons. The van der Waals surface area contributed by atoms with Crippen LogP contribution < -0.4 is 5.73 Å². The van der Waals surface area contributed by atoms with Crippen LogP contribution in [0.25, 0.3) is 0 Å². The molecule has 0 bridgehead atoms. The lowest BCUT2D eigenvalue weighted by Crippen LogP contribution is -2.57. The highest BCUT2D eigenvalue weighted by atomic mass is 35.5. The van der Waals surface area contributed by atoms with Crippen LogP contribution in [0.3, 0.4) is 0 Å². The van der Waals surface area contributed by atoms with Gasteiger partial charge in [0.15, 0.2) is 0 Å². The molecule has 1 aromatic rings. The summed E-state index contributed by atoms with van der Waals surface area (Å²) in [5.74, 6) is 0. The molecule has 1 unspecified atom stereocenters. The maximum atomic E-state index is 6.61. The summed E-state index contributed by atoms with van der Waals surface area (Å²) in [6.45, 7) is 9.42. The van der Waals surface area contributed by atoms with Crippen molar-refractivity contribution in [3.8, 4) is 0 Å². The van der Waals surface area contributed by atoms with Crippen molar-refractivity contribution >= 4 is 11.6 Å². The van der Waals surface area contributed by atoms with Crippen molar-refractivity contribution < 1.29 is 0 Å². The first-order valence-electron chi connectivity index (χ1n) is 8.04. The van der Waals surface area contributed by atoms with Crippen molar-refractivity contribution in [3.63, 3.8) is 0 Å². The Bertz CT molecular complexity index is 449. The zero-order valence-electron chi connectivity index (χ0n) is 14.4. The van der Waals surface area contributed by atoms with Crippen LogP contribution in [0.2, 0.25) is 5.02 Å². The normalized spacial score (nSPS) is 14.0. The molecular weight excluding hydrogens is 284 g/mol. The molecule has 2 N–H and O–H groups in total. The number of hydrogen-bond acceptors (Lipinski definition) is 3. The van der Waals surface area contributed by atoms with E-state index in [1.54, 1.807) is 0 Å². The van der Waals surface area contributed by atoms with E-state index >= 15 is 0 Å². The number of hydrogen-bond donors (Lipinski definition) is 1. The molecule has 4 nitrogen and oxygen atoms in total. The lowest BCUT2D eigenvalue weighted by atomic mass is 9.81. The summed E-state index contributed by atoms with van der Waals surface area (Å²) in [6, 6.07) is 0.0340. The van der Waals surface area contributed by atoms with Crippen molar-refractivity contribution in [3.05, 3.63) is 16.4 Å². The highest BCUT2D eigenvalue weighted by molar-refractivity contribution is 6.31. The lowest BCUT2D eigenvalue weighted by Gasteiger charge is -2.43. The van der Waals surface area contributed by atoms with E-state index in [1.165, 1.54) is 0 Å². The smallest absolute Gasteiger partial charge is 0.0850 e. The average Bonchev–Trinajstić information content (AvgIpc) is 2.77. The van der Waals surface area contributed by atoms with Gasteiger partial charge in [0, 0.05) is 24.5 Å². The van der Waals surface area contributed by atoms with E-state index in [2.05, 4.69) is 51.8 Å². The molecule has 0 aliphatic heterocycles. The minimum absolute atomic E-state index is 0.00144. The van der Waals surface area contributed by atoms with Gasteiger partial charge in [-0.25, -0.2) is 0 Å². The van der Waals surface area contributed by atoms with E-state index in [0.29, 0.717) is 0 Å². The van der Waals surface area contributed by atoms with Crippen molar-refractivity contribution in [1.82, 2.24) is 14.7 Å². The van der Waals surface area contributed by atoms with E-state index in [4.69, 9.17) is 17.3 Å². The molecule has 0 fully saturated rings. The number of nitrogens with two attached hydrogens (primary N) is 1. The van der Waals surface area contributed by atoms with Gasteiger partial charge in [-0.1, -0.05) is 32.4 Å². The van der Waals surface area contributed by atoms with Gasteiger partial charge in [-0.2, -0.15) is 5.10 Å². The monoisotopic (exact) mass is 314 g/mol. The van der Waals surface area contributed by atoms with Gasteiger partial charge in [0.05, 0.1) is 16.4 Å². The highest BCUT2D eigenvalue weighted by Crippen LogP contribution is 2.29. The second kappa shape index (κ2) is 7.61. The van der Waals surface area contributed by atoms with Crippen molar-refractivity contribution in [2.45, 2.75) is 71.5 Å². The number of likely N-dealkylation sites (N-methyl/N-ethyl adjacent to an activating group) is 1. The highest BCUT2D eigenvalue weighted by Gasteiger charge is 2.36. The van der Waals surface area contributed by atoms with E-state index in [9.17, 15) is 0 Å². The quantitative estimate of drug-likeness (QED) is 0.802. The van der Waals surface area contributed by atoms with E-state index in [0.717, 1.165) is 48.6 Å². The Morgan fingerprint density at radius 2 is 1.81 bits per heavy atom. The van der Waals surface area contributed by atoms with Crippen LogP contribution >= 0.6 is 11.6 Å². The predicted octanol–water partition coefficient (Wildman–Crippen LogP) is 3.11. The maximum Gasteiger partial charge on any atom is 0.0850 e. The van der Waals surface area contributed by atoms with Gasteiger partial charge in [0.25, 0.3) is 0 Å². The first-order valence-corrected chi connectivity index (χ1v) is 8.42. The van der Waals surface area contributed by atoms with Gasteiger partial charge >= 0.3 is 0 Å². The Kier molecular flexibility index (Phi) is 6.70. The van der Waals surface area contributed by atoms with E-state index in [-0.39, 0.29) is 11.6 Å². The molecule has 0 radical (unpaired) electrons. The molecule has 21 heavy (non-hydrogen) atoms. The van der Waals surface area contributed by atoms with E-state index < -0.39 is 0 Å². The number of aryl methyl sites for hydroxylation is 2. The van der Waals surface area contributed by atoms with Crippen LogP contribution in [0, 0.1) is 0 Å². The fraction of sp³-hybridized carbons (Fsp3) is 0.812. The Balaban J connectivity index is 3.12. The van der Waals surface area contributed by atoms with Crippen molar-refractivity contribution in [1.29, 1.82) is 0 Å². The average molecular weight is 315 g/mol. The summed E-state index contributed by atoms with van der Waals surface area (Å²) < 4.78 is 2.01. The van der Waals surface area contributed by atoms with Crippen LogP contribution in [0.4, 0.5) is 0 Å². The Hall–Kier alpha value is -0.580. The number of aromatic nitrogens is 2. The minimum atomic E-state index is -0.00144. The molecule has 0 spiro atoms. The molecule has 0 amide bonds. The molecule has 1 heterocycles. The van der Waals surface area contributed by atoms with Gasteiger partial charge in [0.2, 0.25) is 0 Å². The summed E-state index contributed by atoms with van der Waals surface area (Å²) in [6.07, 6.45) is 3.67. The summed E-state index contributed by atoms with van der Waals surface area (Å²) in [5, 5.41) is 5.39. The second-order valence-corrected chi connectivity index (χ2v) is 6.27. The van der Waals surface area contributed by atoms with Crippen LogP contribution in [0.1, 0.15) is 51.9 Å². The Labute approximate surface area is 134 Å². The molecule has 0 aromatic carbocycles. The molecule has 0 aliphatic rings. The fourth-order valence-corrected chi connectivity index (χ4v) is 3.70. The molecule has 1 atom stereocenters. The van der Waals surface area contributed by atoms with E-state index in [1.807, 2.05) is 4.68 Å². The van der Waals surface area contributed by atoms with Gasteiger partial charge in [-0.3, -0.25) is 4.68 Å². The zero-order chi connectivity index (χ0) is 16.2. The molecule has 1 rings (SSSR count). The number of rotatable bonds is 8. The first-order chi connectivity index (χ1) is 9.87. The molecule has 5 heteroatoms. The van der Waals surface area contributed by atoms with Gasteiger partial charge < -0.3 is 10.6 Å². The van der Waals surface area contributed by atoms with Crippen molar-refractivity contribution in [2.75, 3.05) is 14.1 Å². The summed E-state index contributed by atoms with van der Waals surface area (Å²) in [4.78, 5) is 2.26. The molecule has 1 aromatic heterocycles. The summed E-state index contributed by atoms with van der Waals surface area (Å²) in [7, 11) is 4.23. The number of nitrogens with zero attached hydrogens (tertiary/aromatic N) is 3. The lowest BCUT2D eigenvalue weighted by molar-refractivity contribution is 0.105. The van der Waals surface area contributed by atoms with Crippen LogP contribution in [-0.2, 0) is 19.4 Å². The largest absolute Gasteiger partial charge is 0.326 e. The standard InChI is InChI=1S/C16H31ClN4/c1-7-12-15(17)13(21(10-4)19-12)11-14(18)16(8-2,9-3)20(5)6/h14H,7-11,18H2,1-6H3. The van der Waals surface area contributed by atoms with Crippen LogP contribution in [-0.4, -0.2) is 40.4 Å². The summed E-state index contributed by atoms with van der Waals surface area (Å²) >= 11 is 6.52. The van der Waals surface area contributed by atoms with Crippen LogP contribution in [0.15, 0.2) is 0 Å². The third-order valence-corrected chi connectivity index (χ3v) is 5.35. The minimum Gasteiger partial charge on any atom is -0.326 e. The van der Waals surface area contributed by atoms with Crippen LogP contribution in [0.5, 0.6) is 0 Å². The predicted molar refractivity (Wildman–Crippen MR) is 91.0 cm³/mol. The fourth-order valence-electron chi connectivity index (χ4n) is 3.35. The molecular formula is C16H31ClN4. The molecule has 0 aliphatic carbocycles. The first kappa shape index (κ1) is 18.5. The molecule has 0 saturated heterocycles. The maximum absolute atomic E-state index is 6.61. The SMILES string of the molecule is CCc1nn(CC)c(CC(N)C(CC)(CC)N(C)C)c1Cl. The Morgan fingerprint density at radius 1 is 1.24 bits per heavy atom. The van der Waals surface area contributed by atoms with Gasteiger partial charge in [-0.05, 0) is 40.3 Å². The summed E-state index contributed by atoms with van der Waals surface area (Å²) in [5.41, 5.74) is 8.66. The zero-order valence-corrected chi connectivity index (χ0v) is 15.2. The second-order valence-electron chi connectivity index (χ2n) is 5.89. The third-order valence-electron chi connectivity index (χ3n) is 4.91. The molecule has 0 saturated carbocycles. The van der Waals surface area contributed by atoms with Gasteiger partial charge in [-0.15, -0.1) is 0 Å².